The van der Waals surface area contributed by atoms with Gasteiger partial charge in [-0.15, -0.1) is 0 Å². The molecule has 0 amide bonds. The van der Waals surface area contributed by atoms with E-state index in [0.29, 0.717) is 17.4 Å². The van der Waals surface area contributed by atoms with E-state index in [4.69, 9.17) is 13.8 Å². The summed E-state index contributed by atoms with van der Waals surface area (Å²) in [6, 6.07) is 7.75. The molecule has 0 N–H and O–H groups in total. The molecule has 0 fully saturated rings. The van der Waals surface area contributed by atoms with Crippen molar-refractivity contribution in [2.24, 2.45) is 0 Å². The summed E-state index contributed by atoms with van der Waals surface area (Å²) < 4.78 is 28.2. The van der Waals surface area contributed by atoms with Crippen LogP contribution in [0.5, 0.6) is 5.75 Å². The van der Waals surface area contributed by atoms with Crippen molar-refractivity contribution in [1.29, 1.82) is 0 Å². The van der Waals surface area contributed by atoms with Gasteiger partial charge in [0.1, 0.15) is 18.9 Å². The number of phosphoric acid groups is 1. The smallest absolute Gasteiger partial charge is 0.268 e. The molecule has 7 heteroatoms. The number of quaternary nitrogens is 1. The standard InChI is InChI=1S/C31H52NO5P/c1-5-6-7-8-9-10-11-12-13-14-15-16-17-18-19-20-27-35-31-23-21-30(22-24-31)25-28-36-38(33,34)37-29-26-32(2,3)4/h6-7,9-10,12-13,21-24H,5,8,11,14-20,25-29H2,1-4H3/b7-6-,10-9-,13-12-. The minimum atomic E-state index is -4.26. The number of unbranched alkanes of at least 4 members (excludes halogenated alkanes) is 6. The van der Waals surface area contributed by atoms with E-state index < -0.39 is 7.82 Å². The van der Waals surface area contributed by atoms with Crippen LogP contribution in [0.1, 0.15) is 76.7 Å². The first-order chi connectivity index (χ1) is 18.2. The van der Waals surface area contributed by atoms with E-state index in [9.17, 15) is 9.46 Å². The van der Waals surface area contributed by atoms with Crippen LogP contribution >= 0.6 is 7.82 Å². The summed E-state index contributed by atoms with van der Waals surface area (Å²) in [4.78, 5) is 11.8. The third kappa shape index (κ3) is 21.3. The zero-order valence-corrected chi connectivity index (χ0v) is 25.2. The third-order valence-corrected chi connectivity index (χ3v) is 6.89. The van der Waals surface area contributed by atoms with Gasteiger partial charge in [0.25, 0.3) is 7.82 Å². The lowest BCUT2D eigenvalue weighted by Crippen LogP contribution is -2.37. The number of nitrogens with zero attached hydrogens (tertiary/aromatic N) is 1. The number of phosphoric ester groups is 1. The van der Waals surface area contributed by atoms with Crippen molar-refractivity contribution in [2.75, 3.05) is 47.5 Å². The van der Waals surface area contributed by atoms with Crippen LogP contribution in [0.25, 0.3) is 0 Å². The first kappa shape index (κ1) is 34.3. The largest absolute Gasteiger partial charge is 0.756 e. The lowest BCUT2D eigenvalue weighted by Gasteiger charge is -2.27. The number of benzene rings is 1. The van der Waals surface area contributed by atoms with Gasteiger partial charge in [0.2, 0.25) is 0 Å². The maximum absolute atomic E-state index is 11.8. The van der Waals surface area contributed by atoms with Gasteiger partial charge in [-0.3, -0.25) is 4.57 Å². The van der Waals surface area contributed by atoms with E-state index in [0.717, 1.165) is 43.6 Å². The van der Waals surface area contributed by atoms with Crippen molar-refractivity contribution < 1.29 is 27.7 Å². The van der Waals surface area contributed by atoms with Crippen molar-refractivity contribution in [3.05, 3.63) is 66.3 Å². The van der Waals surface area contributed by atoms with Gasteiger partial charge in [0.15, 0.2) is 0 Å². The van der Waals surface area contributed by atoms with E-state index in [2.05, 4.69) is 43.4 Å². The number of hydrogen-bond acceptors (Lipinski definition) is 5. The summed E-state index contributed by atoms with van der Waals surface area (Å²) in [5.41, 5.74) is 0.995. The summed E-state index contributed by atoms with van der Waals surface area (Å²) in [7, 11) is 1.67. The van der Waals surface area contributed by atoms with E-state index >= 15 is 0 Å². The van der Waals surface area contributed by atoms with Crippen LogP contribution in [0.4, 0.5) is 0 Å². The molecule has 0 aliphatic rings. The first-order valence-electron chi connectivity index (χ1n) is 14.3. The number of allylic oxidation sites excluding steroid dienone is 6. The van der Waals surface area contributed by atoms with Gasteiger partial charge in [-0.2, -0.15) is 0 Å². The van der Waals surface area contributed by atoms with Crippen molar-refractivity contribution in [3.8, 4) is 5.75 Å². The zero-order chi connectivity index (χ0) is 28.0. The normalized spacial score (nSPS) is 14.1. The van der Waals surface area contributed by atoms with E-state index in [1.165, 1.54) is 38.5 Å². The average molecular weight is 550 g/mol. The van der Waals surface area contributed by atoms with Crippen LogP contribution in [0, 0.1) is 0 Å². The highest BCUT2D eigenvalue weighted by molar-refractivity contribution is 7.45. The Balaban J connectivity index is 2.02. The van der Waals surface area contributed by atoms with Gasteiger partial charge in [0, 0.05) is 0 Å². The molecule has 0 spiro atoms. The Kier molecular flexibility index (Phi) is 19.1. The minimum Gasteiger partial charge on any atom is -0.756 e. The van der Waals surface area contributed by atoms with Gasteiger partial charge >= 0.3 is 0 Å². The Morgan fingerprint density at radius 2 is 1.34 bits per heavy atom. The predicted octanol–water partition coefficient (Wildman–Crippen LogP) is 7.41. The number of likely N-dealkylation sites (N-methyl/N-ethyl adjacent to an activating group) is 1. The summed E-state index contributed by atoms with van der Waals surface area (Å²) >= 11 is 0. The van der Waals surface area contributed by atoms with Crippen molar-refractivity contribution in [1.82, 2.24) is 0 Å². The van der Waals surface area contributed by atoms with Gasteiger partial charge < -0.3 is 23.2 Å². The highest BCUT2D eigenvalue weighted by Crippen LogP contribution is 2.38. The van der Waals surface area contributed by atoms with Crippen molar-refractivity contribution in [3.63, 3.8) is 0 Å². The summed E-state index contributed by atoms with van der Waals surface area (Å²) in [6.07, 6.45) is 25.7. The lowest BCUT2D eigenvalue weighted by atomic mass is 10.1. The third-order valence-electron chi connectivity index (χ3n) is 5.89. The number of ether oxygens (including phenoxy) is 1. The van der Waals surface area contributed by atoms with E-state index in [1.54, 1.807) is 0 Å². The van der Waals surface area contributed by atoms with Crippen LogP contribution in [0.15, 0.2) is 60.7 Å². The molecule has 0 heterocycles. The molecular weight excluding hydrogens is 497 g/mol. The molecule has 1 atom stereocenters. The molecule has 0 saturated heterocycles. The Morgan fingerprint density at radius 1 is 0.763 bits per heavy atom. The zero-order valence-electron chi connectivity index (χ0n) is 24.3. The summed E-state index contributed by atoms with van der Waals surface area (Å²) in [5, 5.41) is 0. The van der Waals surface area contributed by atoms with Crippen LogP contribution in [-0.2, 0) is 20.0 Å². The minimum absolute atomic E-state index is 0.0657. The molecular formula is C31H52NO5P. The quantitative estimate of drug-likeness (QED) is 0.0616. The first-order valence-corrected chi connectivity index (χ1v) is 15.8. The van der Waals surface area contributed by atoms with E-state index in [1.807, 2.05) is 45.4 Å². The Bertz CT molecular complexity index is 843. The second-order valence-electron chi connectivity index (χ2n) is 10.6. The second-order valence-corrected chi connectivity index (χ2v) is 12.0. The molecule has 0 aliphatic heterocycles. The maximum atomic E-state index is 11.8. The second kappa shape index (κ2) is 21.2. The number of hydrogen-bond donors (Lipinski definition) is 0. The lowest BCUT2D eigenvalue weighted by molar-refractivity contribution is -0.870. The highest BCUT2D eigenvalue weighted by atomic mass is 31.2. The molecule has 0 aromatic heterocycles. The fraction of sp³-hybridized carbons (Fsp3) is 0.613. The van der Waals surface area contributed by atoms with Crippen LogP contribution in [-0.4, -0.2) is 52.0 Å². The van der Waals surface area contributed by atoms with Crippen LogP contribution in [0.2, 0.25) is 0 Å². The van der Waals surface area contributed by atoms with Gasteiger partial charge in [-0.05, 0) is 62.6 Å². The Hall–Kier alpha value is -1.69. The summed E-state index contributed by atoms with van der Waals surface area (Å²) in [6.45, 7) is 3.65. The van der Waals surface area contributed by atoms with Crippen LogP contribution < -0.4 is 9.63 Å². The molecule has 0 bridgehead atoms. The highest BCUT2D eigenvalue weighted by Gasteiger charge is 2.13. The molecule has 1 aromatic rings. The topological polar surface area (TPSA) is 67.8 Å². The van der Waals surface area contributed by atoms with E-state index in [-0.39, 0.29) is 13.2 Å². The van der Waals surface area contributed by atoms with Gasteiger partial charge in [0.05, 0.1) is 34.4 Å². The SMILES string of the molecule is CC/C=C\C/C=C\C/C=C\CCCCCCCCOc1ccc(CCOP(=O)([O-])OCC[N+](C)(C)C)cc1. The molecule has 216 valence electrons. The Labute approximate surface area is 232 Å². The molecule has 0 aliphatic carbocycles. The van der Waals surface area contributed by atoms with Crippen molar-refractivity contribution in [2.45, 2.75) is 77.6 Å². The Morgan fingerprint density at radius 3 is 2.00 bits per heavy atom. The molecule has 6 nitrogen and oxygen atoms in total. The average Bonchev–Trinajstić information content (AvgIpc) is 2.86. The van der Waals surface area contributed by atoms with Crippen LogP contribution in [0.3, 0.4) is 0 Å². The molecule has 38 heavy (non-hydrogen) atoms. The van der Waals surface area contributed by atoms with Gasteiger partial charge in [-0.25, -0.2) is 0 Å². The van der Waals surface area contributed by atoms with Crippen molar-refractivity contribution >= 4 is 7.82 Å². The molecule has 1 rings (SSSR count). The molecule has 1 unspecified atom stereocenters. The predicted molar refractivity (Wildman–Crippen MR) is 157 cm³/mol. The maximum Gasteiger partial charge on any atom is 0.268 e. The summed E-state index contributed by atoms with van der Waals surface area (Å²) in [5.74, 6) is 0.840. The molecule has 1 aromatic carbocycles. The number of rotatable bonds is 23. The molecule has 0 saturated carbocycles. The fourth-order valence-corrected chi connectivity index (χ4v) is 4.27. The molecule has 0 radical (unpaired) electrons. The fourth-order valence-electron chi connectivity index (χ4n) is 3.58. The van der Waals surface area contributed by atoms with Gasteiger partial charge in [-0.1, -0.05) is 81.2 Å². The monoisotopic (exact) mass is 549 g/mol.